The maximum Gasteiger partial charge on any atom is 0.255 e. The molecule has 0 radical (unpaired) electrons. The lowest BCUT2D eigenvalue weighted by molar-refractivity contribution is 0.0734. The number of pyridine rings is 1. The van der Waals surface area contributed by atoms with Crippen LogP contribution in [-0.2, 0) is 0 Å². The molecule has 1 aliphatic heterocycles. The zero-order valence-corrected chi connectivity index (χ0v) is 12.6. The Labute approximate surface area is 126 Å². The molecule has 0 spiro atoms. The van der Waals surface area contributed by atoms with Gasteiger partial charge < -0.3 is 4.90 Å². The van der Waals surface area contributed by atoms with Crippen molar-refractivity contribution in [3.8, 4) is 0 Å². The van der Waals surface area contributed by atoms with E-state index in [1.807, 2.05) is 41.3 Å². The van der Waals surface area contributed by atoms with Gasteiger partial charge in [-0.2, -0.15) is 0 Å². The van der Waals surface area contributed by atoms with Crippen LogP contribution in [-0.4, -0.2) is 22.3 Å². The molecular formula is C16H15BrN2O. The first-order valence-corrected chi connectivity index (χ1v) is 7.52. The first-order chi connectivity index (χ1) is 9.77. The van der Waals surface area contributed by atoms with Crippen LogP contribution >= 0.6 is 15.9 Å². The summed E-state index contributed by atoms with van der Waals surface area (Å²) in [4.78, 5) is 18.7. The van der Waals surface area contributed by atoms with E-state index >= 15 is 0 Å². The summed E-state index contributed by atoms with van der Waals surface area (Å²) in [5.74, 6) is 0.0942. The Bertz CT molecular complexity index is 615. The number of aromatic nitrogens is 1. The molecule has 1 aromatic heterocycles. The van der Waals surface area contributed by atoms with Gasteiger partial charge in [0, 0.05) is 23.4 Å². The highest BCUT2D eigenvalue weighted by Crippen LogP contribution is 2.33. The van der Waals surface area contributed by atoms with Gasteiger partial charge in [-0.15, -0.1) is 0 Å². The Morgan fingerprint density at radius 2 is 1.95 bits per heavy atom. The van der Waals surface area contributed by atoms with Crippen molar-refractivity contribution in [2.24, 2.45) is 0 Å². The predicted molar refractivity (Wildman–Crippen MR) is 81.4 cm³/mol. The van der Waals surface area contributed by atoms with Gasteiger partial charge in [0.05, 0.1) is 11.6 Å². The van der Waals surface area contributed by atoms with E-state index in [4.69, 9.17) is 0 Å². The highest BCUT2D eigenvalue weighted by molar-refractivity contribution is 9.10. The maximum atomic E-state index is 12.7. The molecule has 1 atom stereocenters. The zero-order valence-electron chi connectivity index (χ0n) is 11.0. The average molecular weight is 331 g/mol. The monoisotopic (exact) mass is 330 g/mol. The summed E-state index contributed by atoms with van der Waals surface area (Å²) in [6, 6.07) is 11.8. The third-order valence-electron chi connectivity index (χ3n) is 3.71. The summed E-state index contributed by atoms with van der Waals surface area (Å²) in [5.41, 5.74) is 1.89. The van der Waals surface area contributed by atoms with Gasteiger partial charge in [-0.3, -0.25) is 9.78 Å². The fourth-order valence-electron chi connectivity index (χ4n) is 2.73. The summed E-state index contributed by atoms with van der Waals surface area (Å²) in [6.07, 6.45) is 5.63. The number of halogens is 1. The Kier molecular flexibility index (Phi) is 3.83. The van der Waals surface area contributed by atoms with Gasteiger partial charge in [-0.05, 0) is 58.6 Å². The fraction of sp³-hybridized carbons (Fsp3) is 0.250. The first-order valence-electron chi connectivity index (χ1n) is 6.73. The molecular weight excluding hydrogens is 316 g/mol. The SMILES string of the molecule is O=C(c1ccccc1Br)N1CCCC1c1ccncc1. The van der Waals surface area contributed by atoms with Crippen molar-refractivity contribution < 1.29 is 4.79 Å². The third kappa shape index (κ3) is 2.48. The number of hydrogen-bond donors (Lipinski definition) is 0. The van der Waals surface area contributed by atoms with Crippen LogP contribution < -0.4 is 0 Å². The van der Waals surface area contributed by atoms with Crippen LogP contribution in [0.4, 0.5) is 0 Å². The number of carbonyl (C=O) groups excluding carboxylic acids is 1. The van der Waals surface area contributed by atoms with E-state index in [0.29, 0.717) is 0 Å². The van der Waals surface area contributed by atoms with Crippen molar-refractivity contribution in [3.63, 3.8) is 0 Å². The van der Waals surface area contributed by atoms with Crippen molar-refractivity contribution in [1.82, 2.24) is 9.88 Å². The first kappa shape index (κ1) is 13.3. The molecule has 3 nitrogen and oxygen atoms in total. The molecule has 0 aliphatic carbocycles. The molecule has 2 heterocycles. The van der Waals surface area contributed by atoms with Gasteiger partial charge in [0.25, 0.3) is 5.91 Å². The fourth-order valence-corrected chi connectivity index (χ4v) is 3.19. The zero-order chi connectivity index (χ0) is 13.9. The molecule has 0 saturated carbocycles. The van der Waals surface area contributed by atoms with Gasteiger partial charge in [-0.25, -0.2) is 0 Å². The van der Waals surface area contributed by atoms with Gasteiger partial charge in [0.15, 0.2) is 0 Å². The molecule has 1 aromatic carbocycles. The lowest BCUT2D eigenvalue weighted by Crippen LogP contribution is -2.30. The van der Waals surface area contributed by atoms with E-state index in [-0.39, 0.29) is 11.9 Å². The summed E-state index contributed by atoms with van der Waals surface area (Å²) in [6.45, 7) is 0.813. The summed E-state index contributed by atoms with van der Waals surface area (Å²) in [5, 5.41) is 0. The molecule has 3 rings (SSSR count). The number of rotatable bonds is 2. The average Bonchev–Trinajstić information content (AvgIpc) is 2.97. The van der Waals surface area contributed by atoms with E-state index in [1.165, 1.54) is 0 Å². The Balaban J connectivity index is 1.90. The van der Waals surface area contributed by atoms with Crippen LogP contribution in [0.2, 0.25) is 0 Å². The Morgan fingerprint density at radius 3 is 2.70 bits per heavy atom. The largest absolute Gasteiger partial charge is 0.332 e. The summed E-state index contributed by atoms with van der Waals surface area (Å²) in [7, 11) is 0. The second kappa shape index (κ2) is 5.75. The second-order valence-corrected chi connectivity index (χ2v) is 5.77. The van der Waals surface area contributed by atoms with Crippen LogP contribution in [0.5, 0.6) is 0 Å². The third-order valence-corrected chi connectivity index (χ3v) is 4.40. The molecule has 20 heavy (non-hydrogen) atoms. The van der Waals surface area contributed by atoms with Gasteiger partial charge >= 0.3 is 0 Å². The van der Waals surface area contributed by atoms with Crippen molar-refractivity contribution in [2.75, 3.05) is 6.54 Å². The van der Waals surface area contributed by atoms with Crippen LogP contribution in [0.3, 0.4) is 0 Å². The molecule has 1 fully saturated rings. The van der Waals surface area contributed by atoms with Crippen molar-refractivity contribution in [2.45, 2.75) is 18.9 Å². The number of nitrogens with zero attached hydrogens (tertiary/aromatic N) is 2. The van der Waals surface area contributed by atoms with Crippen LogP contribution in [0.25, 0.3) is 0 Å². The van der Waals surface area contributed by atoms with Crippen LogP contribution in [0.15, 0.2) is 53.3 Å². The molecule has 102 valence electrons. The minimum Gasteiger partial charge on any atom is -0.332 e. The number of hydrogen-bond acceptors (Lipinski definition) is 2. The van der Waals surface area contributed by atoms with E-state index in [9.17, 15) is 4.79 Å². The number of likely N-dealkylation sites (tertiary alicyclic amines) is 1. The number of carbonyl (C=O) groups is 1. The van der Waals surface area contributed by atoms with Gasteiger partial charge in [0.2, 0.25) is 0 Å². The lowest BCUT2D eigenvalue weighted by Gasteiger charge is -2.25. The maximum absolute atomic E-state index is 12.7. The van der Waals surface area contributed by atoms with E-state index in [0.717, 1.165) is 35.0 Å². The van der Waals surface area contributed by atoms with Crippen molar-refractivity contribution in [1.29, 1.82) is 0 Å². The molecule has 2 aromatic rings. The summed E-state index contributed by atoms with van der Waals surface area (Å²) < 4.78 is 0.852. The molecule has 0 bridgehead atoms. The topological polar surface area (TPSA) is 33.2 Å². The molecule has 0 N–H and O–H groups in total. The Morgan fingerprint density at radius 1 is 1.20 bits per heavy atom. The standard InChI is InChI=1S/C16H15BrN2O/c17-14-5-2-1-4-13(14)16(20)19-11-3-6-15(19)12-7-9-18-10-8-12/h1-2,4-5,7-10,15H,3,6,11H2. The lowest BCUT2D eigenvalue weighted by atomic mass is 10.1. The molecule has 4 heteroatoms. The predicted octanol–water partition coefficient (Wildman–Crippen LogP) is 3.82. The minimum absolute atomic E-state index is 0.0942. The van der Waals surface area contributed by atoms with Gasteiger partial charge in [0.1, 0.15) is 0 Å². The number of amides is 1. The Hall–Kier alpha value is -1.68. The molecule has 1 amide bonds. The molecule has 1 saturated heterocycles. The van der Waals surface area contributed by atoms with E-state index in [2.05, 4.69) is 20.9 Å². The summed E-state index contributed by atoms with van der Waals surface area (Å²) >= 11 is 3.46. The second-order valence-electron chi connectivity index (χ2n) is 4.92. The van der Waals surface area contributed by atoms with E-state index < -0.39 is 0 Å². The highest BCUT2D eigenvalue weighted by Gasteiger charge is 2.31. The molecule has 1 unspecified atom stereocenters. The highest BCUT2D eigenvalue weighted by atomic mass is 79.9. The van der Waals surface area contributed by atoms with E-state index in [1.54, 1.807) is 12.4 Å². The normalized spacial score (nSPS) is 18.2. The molecule has 1 aliphatic rings. The smallest absolute Gasteiger partial charge is 0.255 e. The quantitative estimate of drug-likeness (QED) is 0.838. The number of benzene rings is 1. The van der Waals surface area contributed by atoms with Crippen LogP contribution in [0, 0.1) is 0 Å². The van der Waals surface area contributed by atoms with Gasteiger partial charge in [-0.1, -0.05) is 12.1 Å². The van der Waals surface area contributed by atoms with Crippen molar-refractivity contribution >= 4 is 21.8 Å². The van der Waals surface area contributed by atoms with Crippen LogP contribution in [0.1, 0.15) is 34.8 Å². The van der Waals surface area contributed by atoms with Crippen molar-refractivity contribution in [3.05, 3.63) is 64.4 Å². The minimum atomic E-state index is 0.0942.